The maximum Gasteiger partial charge on any atom is 0.324 e. The average Bonchev–Trinajstić information content (AvgIpc) is 2.35. The second kappa shape index (κ2) is 5.89. The molecule has 1 aromatic rings. The number of nitrogens with zero attached hydrogens (tertiary/aromatic N) is 1. The number of rotatable bonds is 6. The SMILES string of the molecule is O=[N+]([O-])c1c(F)cccc1S(=O)(=O)NCC(F)(F)C(F)F. The van der Waals surface area contributed by atoms with Crippen LogP contribution in [-0.4, -0.2) is 32.2 Å². The smallest absolute Gasteiger partial charge is 0.258 e. The lowest BCUT2D eigenvalue weighted by atomic mass is 10.3. The van der Waals surface area contributed by atoms with E-state index in [9.17, 15) is 40.5 Å². The molecule has 0 spiro atoms. The van der Waals surface area contributed by atoms with Crippen molar-refractivity contribution in [3.8, 4) is 0 Å². The molecule has 1 aromatic carbocycles. The first-order valence-corrected chi connectivity index (χ1v) is 6.56. The van der Waals surface area contributed by atoms with E-state index >= 15 is 0 Å². The van der Waals surface area contributed by atoms with Gasteiger partial charge in [0.25, 0.3) is 0 Å². The van der Waals surface area contributed by atoms with Crippen molar-refractivity contribution in [3.63, 3.8) is 0 Å². The van der Waals surface area contributed by atoms with Crippen LogP contribution >= 0.6 is 0 Å². The van der Waals surface area contributed by atoms with Crippen molar-refractivity contribution in [1.29, 1.82) is 0 Å². The van der Waals surface area contributed by atoms with Gasteiger partial charge in [-0.15, -0.1) is 0 Å². The molecule has 0 radical (unpaired) electrons. The van der Waals surface area contributed by atoms with Gasteiger partial charge >= 0.3 is 18.0 Å². The van der Waals surface area contributed by atoms with Crippen molar-refractivity contribution in [2.45, 2.75) is 17.2 Å². The fourth-order valence-electron chi connectivity index (χ4n) is 1.24. The zero-order valence-electron chi connectivity index (χ0n) is 9.89. The largest absolute Gasteiger partial charge is 0.324 e. The van der Waals surface area contributed by atoms with E-state index in [1.54, 1.807) is 0 Å². The number of nitrogens with one attached hydrogen (secondary N) is 1. The summed E-state index contributed by atoms with van der Waals surface area (Å²) in [5, 5.41) is 10.6. The molecule has 0 amide bonds. The molecule has 0 heterocycles. The summed E-state index contributed by atoms with van der Waals surface area (Å²) in [5.74, 6) is -6.18. The van der Waals surface area contributed by atoms with Crippen molar-refractivity contribution in [2.24, 2.45) is 0 Å². The van der Waals surface area contributed by atoms with E-state index in [1.165, 1.54) is 0 Å². The van der Waals surface area contributed by atoms with E-state index in [1.807, 2.05) is 0 Å². The molecule has 0 saturated carbocycles. The number of halogens is 5. The van der Waals surface area contributed by atoms with Crippen LogP contribution in [-0.2, 0) is 10.0 Å². The molecule has 12 heteroatoms. The Kier molecular flexibility index (Phi) is 4.83. The first kappa shape index (κ1) is 17.2. The Morgan fingerprint density at radius 2 is 1.90 bits per heavy atom. The third kappa shape index (κ3) is 3.85. The van der Waals surface area contributed by atoms with Gasteiger partial charge in [-0.2, -0.15) is 13.2 Å². The standard InChI is InChI=1S/C9H7F5N2O4S/c10-5-2-1-3-6(7(5)16(17)18)21(19,20)15-4-9(13,14)8(11)12/h1-3,8,15H,4H2. The second-order valence-electron chi connectivity index (χ2n) is 3.73. The molecule has 0 aromatic heterocycles. The number of hydrogen-bond donors (Lipinski definition) is 1. The lowest BCUT2D eigenvalue weighted by molar-refractivity contribution is -0.390. The van der Waals surface area contributed by atoms with Crippen molar-refractivity contribution in [2.75, 3.05) is 6.54 Å². The Bertz CT molecular complexity index is 650. The van der Waals surface area contributed by atoms with E-state index in [0.29, 0.717) is 12.1 Å². The van der Waals surface area contributed by atoms with Crippen LogP contribution in [0.1, 0.15) is 0 Å². The molecule has 0 fully saturated rings. The van der Waals surface area contributed by atoms with Crippen LogP contribution in [0.5, 0.6) is 0 Å². The van der Waals surface area contributed by atoms with Crippen LogP contribution in [0, 0.1) is 15.9 Å². The molecule has 118 valence electrons. The number of nitro groups is 1. The Hall–Kier alpha value is -1.82. The monoisotopic (exact) mass is 334 g/mol. The third-order valence-corrected chi connectivity index (χ3v) is 3.67. The molecule has 0 unspecified atom stereocenters. The van der Waals surface area contributed by atoms with Gasteiger partial charge in [0.15, 0.2) is 4.90 Å². The number of alkyl halides is 4. The van der Waals surface area contributed by atoms with E-state index < -0.39 is 50.2 Å². The zero-order valence-corrected chi connectivity index (χ0v) is 10.7. The summed E-state index contributed by atoms with van der Waals surface area (Å²) in [6, 6.07) is 1.97. The van der Waals surface area contributed by atoms with Crippen LogP contribution in [0.25, 0.3) is 0 Å². The average molecular weight is 334 g/mol. The maximum absolute atomic E-state index is 13.2. The van der Waals surface area contributed by atoms with Crippen molar-refractivity contribution in [3.05, 3.63) is 34.1 Å². The van der Waals surface area contributed by atoms with Crippen LogP contribution in [0.2, 0.25) is 0 Å². The summed E-state index contributed by atoms with van der Waals surface area (Å²) < 4.78 is 86.7. The van der Waals surface area contributed by atoms with Crippen LogP contribution in [0.15, 0.2) is 23.1 Å². The fraction of sp³-hybridized carbons (Fsp3) is 0.333. The summed E-state index contributed by atoms with van der Waals surface area (Å²) >= 11 is 0. The molecular weight excluding hydrogens is 327 g/mol. The number of hydrogen-bond acceptors (Lipinski definition) is 4. The van der Waals surface area contributed by atoms with Crippen LogP contribution in [0.4, 0.5) is 27.6 Å². The van der Waals surface area contributed by atoms with Gasteiger partial charge in [-0.25, -0.2) is 21.9 Å². The van der Waals surface area contributed by atoms with Gasteiger partial charge in [0.2, 0.25) is 15.8 Å². The number of para-hydroxylation sites is 1. The topological polar surface area (TPSA) is 89.3 Å². The van der Waals surface area contributed by atoms with Crippen LogP contribution < -0.4 is 4.72 Å². The molecular formula is C9H7F5N2O4S. The van der Waals surface area contributed by atoms with Gasteiger partial charge < -0.3 is 0 Å². The molecule has 0 saturated heterocycles. The molecule has 1 rings (SSSR count). The fourth-order valence-corrected chi connectivity index (χ4v) is 2.46. The highest BCUT2D eigenvalue weighted by atomic mass is 32.2. The zero-order chi connectivity index (χ0) is 16.4. The lowest BCUT2D eigenvalue weighted by Crippen LogP contribution is -2.41. The van der Waals surface area contributed by atoms with Gasteiger partial charge in [-0.1, -0.05) is 6.07 Å². The van der Waals surface area contributed by atoms with E-state index in [0.717, 1.165) is 10.8 Å². The summed E-state index contributed by atoms with van der Waals surface area (Å²) in [4.78, 5) is 8.00. The predicted molar refractivity (Wildman–Crippen MR) is 59.2 cm³/mol. The van der Waals surface area contributed by atoms with Gasteiger partial charge in [-0.05, 0) is 12.1 Å². The van der Waals surface area contributed by atoms with E-state index in [4.69, 9.17) is 0 Å². The minimum Gasteiger partial charge on any atom is -0.258 e. The molecule has 0 aliphatic heterocycles. The normalized spacial score (nSPS) is 12.7. The highest BCUT2D eigenvalue weighted by Gasteiger charge is 2.42. The summed E-state index contributed by atoms with van der Waals surface area (Å²) in [5.41, 5.74) is -1.47. The van der Waals surface area contributed by atoms with Gasteiger partial charge in [0.1, 0.15) is 0 Å². The van der Waals surface area contributed by atoms with Gasteiger partial charge in [0.05, 0.1) is 11.5 Å². The lowest BCUT2D eigenvalue weighted by Gasteiger charge is -2.15. The quantitative estimate of drug-likeness (QED) is 0.489. The summed E-state index contributed by atoms with van der Waals surface area (Å²) in [6.45, 7) is -1.99. The Balaban J connectivity index is 3.16. The number of benzene rings is 1. The molecule has 0 atom stereocenters. The van der Waals surface area contributed by atoms with E-state index in [2.05, 4.69) is 0 Å². The second-order valence-corrected chi connectivity index (χ2v) is 5.47. The molecule has 1 N–H and O–H groups in total. The van der Waals surface area contributed by atoms with Crippen molar-refractivity contribution in [1.82, 2.24) is 4.72 Å². The van der Waals surface area contributed by atoms with Gasteiger partial charge in [0, 0.05) is 0 Å². The predicted octanol–water partition coefficient (Wildman–Crippen LogP) is 1.91. The highest BCUT2D eigenvalue weighted by molar-refractivity contribution is 7.89. The van der Waals surface area contributed by atoms with Crippen LogP contribution in [0.3, 0.4) is 0 Å². The third-order valence-electron chi connectivity index (χ3n) is 2.24. The first-order chi connectivity index (χ1) is 9.49. The molecule has 0 aliphatic carbocycles. The Morgan fingerprint density at radius 3 is 2.38 bits per heavy atom. The first-order valence-electron chi connectivity index (χ1n) is 5.07. The van der Waals surface area contributed by atoms with E-state index in [-0.39, 0.29) is 0 Å². The molecule has 21 heavy (non-hydrogen) atoms. The summed E-state index contributed by atoms with van der Waals surface area (Å²) in [7, 11) is -4.97. The maximum atomic E-state index is 13.2. The van der Waals surface area contributed by atoms with Crippen molar-refractivity contribution < 1.29 is 35.3 Å². The molecule has 0 aliphatic rings. The number of sulfonamides is 1. The number of nitro benzene ring substituents is 1. The minimum atomic E-state index is -4.97. The minimum absolute atomic E-state index is 0.587. The molecule has 6 nitrogen and oxygen atoms in total. The van der Waals surface area contributed by atoms with Crippen molar-refractivity contribution >= 4 is 15.7 Å². The van der Waals surface area contributed by atoms with Gasteiger partial charge in [-0.3, -0.25) is 10.1 Å². The summed E-state index contributed by atoms with van der Waals surface area (Å²) in [6.07, 6.45) is -4.14. The highest BCUT2D eigenvalue weighted by Crippen LogP contribution is 2.27. The Labute approximate surface area is 114 Å². The molecule has 0 bridgehead atoms. The Morgan fingerprint density at radius 1 is 1.33 bits per heavy atom.